The summed E-state index contributed by atoms with van der Waals surface area (Å²) in [6.07, 6.45) is 0.163. The molecular formula is C30H48O7. The molecule has 7 heteroatoms. The third kappa shape index (κ3) is 3.97. The lowest BCUT2D eigenvalue weighted by molar-refractivity contribution is -0.143. The molecule has 0 spiro atoms. The van der Waals surface area contributed by atoms with E-state index in [1.54, 1.807) is 6.92 Å². The molecular weight excluding hydrogens is 472 g/mol. The molecule has 4 aliphatic rings. The van der Waals surface area contributed by atoms with Gasteiger partial charge in [-0.05, 0) is 78.1 Å². The van der Waals surface area contributed by atoms with Gasteiger partial charge >= 0.3 is 5.97 Å². The van der Waals surface area contributed by atoms with Gasteiger partial charge < -0.3 is 25.5 Å². The van der Waals surface area contributed by atoms with Crippen LogP contribution in [-0.4, -0.2) is 61.7 Å². The summed E-state index contributed by atoms with van der Waals surface area (Å²) in [6, 6.07) is 0. The van der Waals surface area contributed by atoms with Gasteiger partial charge in [0.1, 0.15) is 0 Å². The van der Waals surface area contributed by atoms with Gasteiger partial charge in [0.15, 0.2) is 5.78 Å². The maximum Gasteiger partial charge on any atom is 0.306 e. The fourth-order valence-corrected chi connectivity index (χ4v) is 9.57. The predicted molar refractivity (Wildman–Crippen MR) is 139 cm³/mol. The zero-order valence-electron chi connectivity index (χ0n) is 23.6. The summed E-state index contributed by atoms with van der Waals surface area (Å²) < 4.78 is 0. The number of aliphatic hydroxyl groups excluding tert-OH is 4. The van der Waals surface area contributed by atoms with Crippen LogP contribution in [0.25, 0.3) is 0 Å². The first kappa shape index (κ1) is 28.7. The van der Waals surface area contributed by atoms with Crippen molar-refractivity contribution < 1.29 is 35.1 Å². The van der Waals surface area contributed by atoms with Gasteiger partial charge in [-0.3, -0.25) is 9.59 Å². The Hall–Kier alpha value is -1.28. The molecule has 0 radical (unpaired) electrons. The van der Waals surface area contributed by atoms with Crippen molar-refractivity contribution in [3.8, 4) is 0 Å². The lowest BCUT2D eigenvalue weighted by Crippen LogP contribution is -2.61. The molecule has 2 saturated carbocycles. The molecule has 7 nitrogen and oxygen atoms in total. The van der Waals surface area contributed by atoms with Crippen molar-refractivity contribution in [1.82, 2.24) is 0 Å². The maximum atomic E-state index is 14.1. The minimum Gasteiger partial charge on any atom is -0.481 e. The van der Waals surface area contributed by atoms with Gasteiger partial charge in [-0.1, -0.05) is 48.5 Å². The quantitative estimate of drug-likeness (QED) is 0.360. The van der Waals surface area contributed by atoms with Gasteiger partial charge in [0.25, 0.3) is 0 Å². The molecule has 0 unspecified atom stereocenters. The van der Waals surface area contributed by atoms with E-state index in [0.717, 1.165) is 0 Å². The minimum absolute atomic E-state index is 0.0414. The third-order valence-corrected chi connectivity index (χ3v) is 12.0. The van der Waals surface area contributed by atoms with Crippen LogP contribution in [0.2, 0.25) is 0 Å². The number of carbonyl (C=O) groups is 2. The molecule has 5 N–H and O–H groups in total. The molecule has 0 bridgehead atoms. The van der Waals surface area contributed by atoms with E-state index in [4.69, 9.17) is 0 Å². The van der Waals surface area contributed by atoms with Gasteiger partial charge in [-0.2, -0.15) is 0 Å². The van der Waals surface area contributed by atoms with Crippen LogP contribution in [0.1, 0.15) is 93.4 Å². The van der Waals surface area contributed by atoms with Crippen LogP contribution in [0.3, 0.4) is 0 Å². The molecule has 0 amide bonds. The predicted octanol–water partition coefficient (Wildman–Crippen LogP) is 3.72. The summed E-state index contributed by atoms with van der Waals surface area (Å²) in [5.41, 5.74) is -0.900. The Labute approximate surface area is 221 Å². The standard InChI is InChI=1S/C30H48O7/c1-15(10-17(31)11-16(2)26(36)37)18-12-23(35)30(7)25-19(32)13-21-27(3,4)22(34)8-9-28(21,5)24(25)20(33)14-29(18,30)6/h15-19,21-23,31-32,34-35H,8-14H2,1-7H3,(H,36,37)/t15-,16-,17+,18-,19+,21+,22+,23+,28+,29-,30+/m1/s1. The summed E-state index contributed by atoms with van der Waals surface area (Å²) >= 11 is 0. The van der Waals surface area contributed by atoms with E-state index >= 15 is 0 Å². The van der Waals surface area contributed by atoms with Crippen LogP contribution in [0.5, 0.6) is 0 Å². The monoisotopic (exact) mass is 520 g/mol. The zero-order valence-corrected chi connectivity index (χ0v) is 23.6. The lowest BCUT2D eigenvalue weighted by Gasteiger charge is -2.62. The summed E-state index contributed by atoms with van der Waals surface area (Å²) in [4.78, 5) is 25.4. The number of carboxylic acid groups (broad SMARTS) is 1. The number of fused-ring (bicyclic) bond motifs is 4. The first-order valence-corrected chi connectivity index (χ1v) is 14.2. The molecule has 2 fully saturated rings. The fraction of sp³-hybridized carbons (Fsp3) is 0.867. The van der Waals surface area contributed by atoms with Gasteiger partial charge in [-0.15, -0.1) is 0 Å². The van der Waals surface area contributed by atoms with Crippen LogP contribution in [0.4, 0.5) is 0 Å². The highest BCUT2D eigenvalue weighted by molar-refractivity contribution is 6.00. The molecule has 4 rings (SSSR count). The van der Waals surface area contributed by atoms with Crippen molar-refractivity contribution in [3.05, 3.63) is 11.1 Å². The molecule has 210 valence electrons. The van der Waals surface area contributed by atoms with Crippen LogP contribution in [0.15, 0.2) is 11.1 Å². The van der Waals surface area contributed by atoms with Crippen molar-refractivity contribution in [3.63, 3.8) is 0 Å². The molecule has 11 atom stereocenters. The van der Waals surface area contributed by atoms with E-state index in [0.29, 0.717) is 43.3 Å². The summed E-state index contributed by atoms with van der Waals surface area (Å²) in [7, 11) is 0. The van der Waals surface area contributed by atoms with E-state index < -0.39 is 58.0 Å². The summed E-state index contributed by atoms with van der Waals surface area (Å²) in [5, 5.41) is 54.0. The van der Waals surface area contributed by atoms with Gasteiger partial charge in [-0.25, -0.2) is 0 Å². The molecule has 0 aliphatic heterocycles. The molecule has 0 aromatic heterocycles. The number of rotatable bonds is 6. The Bertz CT molecular complexity index is 986. The number of aliphatic carboxylic acids is 1. The highest BCUT2D eigenvalue weighted by Gasteiger charge is 2.70. The van der Waals surface area contributed by atoms with Crippen molar-refractivity contribution in [2.45, 2.75) is 118 Å². The SMILES string of the molecule is C[C@H](C[C@@H](O)C[C@@H](C)[C@H]1C[C@H](O)[C@@]2(C)C3=C(C(=O)C[C@]12C)[C@@]1(C)CC[C@H](O)C(C)(C)[C@@H]1C[C@@H]3O)C(=O)O. The van der Waals surface area contributed by atoms with Crippen LogP contribution in [0, 0.1) is 45.3 Å². The Balaban J connectivity index is 1.73. The van der Waals surface area contributed by atoms with Crippen molar-refractivity contribution in [2.24, 2.45) is 45.3 Å². The van der Waals surface area contributed by atoms with E-state index in [2.05, 4.69) is 13.8 Å². The van der Waals surface area contributed by atoms with Crippen molar-refractivity contribution in [2.75, 3.05) is 0 Å². The van der Waals surface area contributed by atoms with E-state index in [9.17, 15) is 35.1 Å². The molecule has 0 aromatic carbocycles. The Kier molecular flexibility index (Phi) is 7.10. The van der Waals surface area contributed by atoms with E-state index in [-0.39, 0.29) is 36.4 Å². The second-order valence-electron chi connectivity index (χ2n) is 14.3. The number of ketones is 1. The largest absolute Gasteiger partial charge is 0.481 e. The number of aliphatic hydroxyl groups is 4. The third-order valence-electron chi connectivity index (χ3n) is 12.0. The second-order valence-corrected chi connectivity index (χ2v) is 14.3. The van der Waals surface area contributed by atoms with Gasteiger partial charge in [0.2, 0.25) is 0 Å². The topological polar surface area (TPSA) is 135 Å². The van der Waals surface area contributed by atoms with E-state index in [1.165, 1.54) is 0 Å². The Morgan fingerprint density at radius 3 is 2.22 bits per heavy atom. The number of allylic oxidation sites excluding steroid dienone is 1. The maximum absolute atomic E-state index is 14.1. The molecule has 37 heavy (non-hydrogen) atoms. The molecule has 0 heterocycles. The smallest absolute Gasteiger partial charge is 0.306 e. The Morgan fingerprint density at radius 1 is 1.00 bits per heavy atom. The number of carboxylic acids is 1. The van der Waals surface area contributed by atoms with E-state index in [1.807, 2.05) is 27.7 Å². The highest BCUT2D eigenvalue weighted by Crippen LogP contribution is 2.71. The van der Waals surface area contributed by atoms with Gasteiger partial charge in [0, 0.05) is 17.4 Å². The average Bonchev–Trinajstić information content (AvgIpc) is 2.99. The van der Waals surface area contributed by atoms with Crippen LogP contribution in [-0.2, 0) is 9.59 Å². The molecule has 0 aromatic rings. The second kappa shape index (κ2) is 9.14. The number of carbonyl (C=O) groups excluding carboxylic acids is 1. The first-order chi connectivity index (χ1) is 16.9. The van der Waals surface area contributed by atoms with Crippen LogP contribution >= 0.6 is 0 Å². The summed E-state index contributed by atoms with van der Waals surface area (Å²) in [5.74, 6) is -1.70. The summed E-state index contributed by atoms with van der Waals surface area (Å²) in [6.45, 7) is 13.9. The average molecular weight is 521 g/mol. The normalized spacial score (nSPS) is 45.5. The molecule has 0 saturated heterocycles. The molecule has 4 aliphatic carbocycles. The van der Waals surface area contributed by atoms with Gasteiger partial charge in [0.05, 0.1) is 30.3 Å². The minimum atomic E-state index is -0.934. The zero-order chi connectivity index (χ0) is 27.9. The van der Waals surface area contributed by atoms with Crippen LogP contribution < -0.4 is 0 Å². The van der Waals surface area contributed by atoms with Crippen molar-refractivity contribution in [1.29, 1.82) is 0 Å². The lowest BCUT2D eigenvalue weighted by atomic mass is 9.42. The Morgan fingerprint density at radius 2 is 1.62 bits per heavy atom. The highest BCUT2D eigenvalue weighted by atomic mass is 16.4. The fourth-order valence-electron chi connectivity index (χ4n) is 9.57. The van der Waals surface area contributed by atoms with Crippen molar-refractivity contribution >= 4 is 11.8 Å². The number of hydrogen-bond acceptors (Lipinski definition) is 6. The number of hydrogen-bond donors (Lipinski definition) is 5. The first-order valence-electron chi connectivity index (χ1n) is 14.2. The number of Topliss-reactive ketones (excluding diaryl/α,β-unsaturated/α-hetero) is 1.